The summed E-state index contributed by atoms with van der Waals surface area (Å²) in [5.41, 5.74) is 0.763. The van der Waals surface area contributed by atoms with Crippen molar-refractivity contribution in [1.29, 1.82) is 0 Å². The Bertz CT molecular complexity index is 437. The smallest absolute Gasteiger partial charge is 0.164 e. The summed E-state index contributed by atoms with van der Waals surface area (Å²) in [6.07, 6.45) is 0.536. The van der Waals surface area contributed by atoms with Gasteiger partial charge in [0.2, 0.25) is 0 Å². The van der Waals surface area contributed by atoms with E-state index in [1.165, 1.54) is 0 Å². The highest BCUT2D eigenvalue weighted by molar-refractivity contribution is 9.10. The predicted octanol–water partition coefficient (Wildman–Crippen LogP) is 2.09. The maximum absolute atomic E-state index is 12.0. The molecule has 0 spiro atoms. The number of rotatable bonds is 4. The molecule has 1 aliphatic heterocycles. The quantitative estimate of drug-likeness (QED) is 0.794. The summed E-state index contributed by atoms with van der Waals surface area (Å²) in [6, 6.07) is 7.46. The van der Waals surface area contributed by atoms with Crippen molar-refractivity contribution in [2.45, 2.75) is 6.42 Å². The van der Waals surface area contributed by atoms with Gasteiger partial charge in [0.1, 0.15) is 0 Å². The zero-order chi connectivity index (χ0) is 13.0. The second-order valence-electron chi connectivity index (χ2n) is 4.37. The third-order valence-corrected chi connectivity index (χ3v) is 4.90. The molecule has 0 bridgehead atoms. The molecule has 1 fully saturated rings. The summed E-state index contributed by atoms with van der Waals surface area (Å²) in [6.45, 7) is 2.46. The predicted molar refractivity (Wildman–Crippen MR) is 77.4 cm³/mol. The van der Waals surface area contributed by atoms with Gasteiger partial charge in [-0.1, -0.05) is 28.1 Å². The maximum Gasteiger partial charge on any atom is 0.164 e. The van der Waals surface area contributed by atoms with E-state index in [2.05, 4.69) is 20.8 Å². The molecule has 5 heteroatoms. The largest absolute Gasteiger partial charge is 0.301 e. The molecule has 0 amide bonds. The number of ketones is 1. The fraction of sp³-hybridized carbons (Fsp3) is 0.462. The first-order valence-electron chi connectivity index (χ1n) is 6.01. The molecule has 0 unspecified atom stereocenters. The van der Waals surface area contributed by atoms with Crippen LogP contribution < -0.4 is 0 Å². The van der Waals surface area contributed by atoms with Crippen molar-refractivity contribution in [3.05, 3.63) is 34.3 Å². The maximum atomic E-state index is 12.0. The Hall–Kier alpha value is -0.520. The average Bonchev–Trinajstić information content (AvgIpc) is 2.38. The number of carbonyl (C=O) groups excluding carboxylic acids is 1. The fourth-order valence-corrected chi connectivity index (χ4v) is 3.33. The summed E-state index contributed by atoms with van der Waals surface area (Å²) in [5.74, 6) is 1.66. The van der Waals surface area contributed by atoms with Gasteiger partial charge < -0.3 is 4.90 Å². The Balaban J connectivity index is 1.81. The molecular weight excluding hydrogens is 314 g/mol. The van der Waals surface area contributed by atoms with E-state index >= 15 is 0 Å². The van der Waals surface area contributed by atoms with Gasteiger partial charge in [-0.15, -0.1) is 0 Å². The molecule has 18 heavy (non-hydrogen) atoms. The molecular formula is C13H16BrNO2S. The standard InChI is InChI=1S/C13H16BrNO2S/c14-12-3-1-11(2-4-12)13(16)5-6-15-7-9-18(17)10-8-15/h1-4H,5-10H2. The summed E-state index contributed by atoms with van der Waals surface area (Å²) in [4.78, 5) is 14.2. The van der Waals surface area contributed by atoms with Crippen LogP contribution in [0.5, 0.6) is 0 Å². The van der Waals surface area contributed by atoms with E-state index in [4.69, 9.17) is 0 Å². The Morgan fingerprint density at radius 2 is 1.83 bits per heavy atom. The second-order valence-corrected chi connectivity index (χ2v) is 6.98. The number of benzene rings is 1. The number of nitrogens with zero attached hydrogens (tertiary/aromatic N) is 1. The van der Waals surface area contributed by atoms with E-state index in [1.54, 1.807) is 0 Å². The summed E-state index contributed by atoms with van der Waals surface area (Å²) in [5, 5.41) is 0. The third kappa shape index (κ3) is 4.00. The molecule has 0 saturated carbocycles. The van der Waals surface area contributed by atoms with Crippen LogP contribution in [0, 0.1) is 0 Å². The molecule has 98 valence electrons. The molecule has 2 rings (SSSR count). The van der Waals surface area contributed by atoms with E-state index in [-0.39, 0.29) is 5.78 Å². The topological polar surface area (TPSA) is 37.4 Å². The summed E-state index contributed by atoms with van der Waals surface area (Å²) < 4.78 is 12.2. The molecule has 0 aromatic heterocycles. The molecule has 0 atom stereocenters. The van der Waals surface area contributed by atoms with Crippen molar-refractivity contribution in [2.24, 2.45) is 0 Å². The molecule has 0 N–H and O–H groups in total. The lowest BCUT2D eigenvalue weighted by molar-refractivity contribution is 0.0966. The van der Waals surface area contributed by atoms with Crippen molar-refractivity contribution in [3.8, 4) is 0 Å². The highest BCUT2D eigenvalue weighted by atomic mass is 79.9. The molecule has 0 aliphatic carbocycles. The second kappa shape index (κ2) is 6.59. The van der Waals surface area contributed by atoms with Crippen LogP contribution in [-0.4, -0.2) is 46.0 Å². The minimum absolute atomic E-state index is 0.175. The van der Waals surface area contributed by atoms with Gasteiger partial charge in [0.25, 0.3) is 0 Å². The van der Waals surface area contributed by atoms with Crippen molar-refractivity contribution >= 4 is 32.5 Å². The lowest BCUT2D eigenvalue weighted by atomic mass is 10.1. The molecule has 1 heterocycles. The van der Waals surface area contributed by atoms with Crippen LogP contribution in [0.2, 0.25) is 0 Å². The zero-order valence-electron chi connectivity index (χ0n) is 10.1. The van der Waals surface area contributed by atoms with Gasteiger partial charge in [-0.2, -0.15) is 0 Å². The Morgan fingerprint density at radius 3 is 2.44 bits per heavy atom. The first kappa shape index (κ1) is 13.9. The van der Waals surface area contributed by atoms with Crippen LogP contribution in [0.3, 0.4) is 0 Å². The van der Waals surface area contributed by atoms with Crippen molar-refractivity contribution in [3.63, 3.8) is 0 Å². The van der Waals surface area contributed by atoms with Crippen molar-refractivity contribution in [2.75, 3.05) is 31.1 Å². The van der Waals surface area contributed by atoms with Gasteiger partial charge in [-0.05, 0) is 12.1 Å². The SMILES string of the molecule is O=C(CCN1CCS(=O)CC1)c1ccc(Br)cc1. The van der Waals surface area contributed by atoms with E-state index in [1.807, 2.05) is 24.3 Å². The molecule has 0 radical (unpaired) electrons. The minimum atomic E-state index is -0.646. The molecule has 1 aliphatic rings. The summed E-state index contributed by atoms with van der Waals surface area (Å²) >= 11 is 3.35. The third-order valence-electron chi connectivity index (χ3n) is 3.09. The Labute approximate surface area is 118 Å². The van der Waals surface area contributed by atoms with E-state index < -0.39 is 10.8 Å². The average molecular weight is 330 g/mol. The zero-order valence-corrected chi connectivity index (χ0v) is 12.5. The van der Waals surface area contributed by atoms with Gasteiger partial charge >= 0.3 is 0 Å². The van der Waals surface area contributed by atoms with Crippen molar-refractivity contribution in [1.82, 2.24) is 4.90 Å². The van der Waals surface area contributed by atoms with E-state index in [0.29, 0.717) is 6.42 Å². The van der Waals surface area contributed by atoms with Gasteiger partial charge in [-0.25, -0.2) is 0 Å². The van der Waals surface area contributed by atoms with Crippen LogP contribution in [-0.2, 0) is 10.8 Å². The summed E-state index contributed by atoms with van der Waals surface area (Å²) in [7, 11) is -0.646. The molecule has 1 saturated heterocycles. The first-order valence-corrected chi connectivity index (χ1v) is 8.29. The lowest BCUT2D eigenvalue weighted by Crippen LogP contribution is -2.38. The molecule has 3 nitrogen and oxygen atoms in total. The number of carbonyl (C=O) groups is 1. The normalized spacial score (nSPS) is 17.8. The molecule has 1 aromatic carbocycles. The van der Waals surface area contributed by atoms with E-state index in [0.717, 1.165) is 41.2 Å². The van der Waals surface area contributed by atoms with Crippen molar-refractivity contribution < 1.29 is 9.00 Å². The monoisotopic (exact) mass is 329 g/mol. The van der Waals surface area contributed by atoms with Gasteiger partial charge in [-0.3, -0.25) is 9.00 Å². The number of hydrogen-bond donors (Lipinski definition) is 0. The van der Waals surface area contributed by atoms with E-state index in [9.17, 15) is 9.00 Å². The lowest BCUT2D eigenvalue weighted by Gasteiger charge is -2.25. The van der Waals surface area contributed by atoms with Gasteiger partial charge in [0.15, 0.2) is 5.78 Å². The van der Waals surface area contributed by atoms with Crippen LogP contribution in [0.25, 0.3) is 0 Å². The fourth-order valence-electron chi connectivity index (χ4n) is 1.94. The minimum Gasteiger partial charge on any atom is -0.301 e. The Kier molecular flexibility index (Phi) is 5.09. The van der Waals surface area contributed by atoms with Crippen LogP contribution >= 0.6 is 15.9 Å². The number of Topliss-reactive ketones (excluding diaryl/α,β-unsaturated/α-hetero) is 1. The highest BCUT2D eigenvalue weighted by Crippen LogP contribution is 2.12. The van der Waals surface area contributed by atoms with Gasteiger partial charge in [0.05, 0.1) is 0 Å². The molecule has 1 aromatic rings. The van der Waals surface area contributed by atoms with Gasteiger partial charge in [0, 0.05) is 58.4 Å². The highest BCUT2D eigenvalue weighted by Gasteiger charge is 2.16. The van der Waals surface area contributed by atoms with Crippen LogP contribution in [0.4, 0.5) is 0 Å². The van der Waals surface area contributed by atoms with Crippen LogP contribution in [0.15, 0.2) is 28.7 Å². The number of halogens is 1. The Morgan fingerprint density at radius 1 is 1.22 bits per heavy atom. The van der Waals surface area contributed by atoms with Crippen LogP contribution in [0.1, 0.15) is 16.8 Å². The number of hydrogen-bond acceptors (Lipinski definition) is 3. The first-order chi connectivity index (χ1) is 8.65.